The normalized spacial score (nSPS) is 11.0. The molecule has 0 spiro atoms. The third kappa shape index (κ3) is 5.79. The number of aromatic carboxylic acids is 1. The summed E-state index contributed by atoms with van der Waals surface area (Å²) in [6, 6.07) is 12.6. The van der Waals surface area contributed by atoms with E-state index in [1.54, 1.807) is 18.2 Å². The molecule has 1 heterocycles. The van der Waals surface area contributed by atoms with E-state index in [1.165, 1.54) is 42.2 Å². The van der Waals surface area contributed by atoms with Crippen LogP contribution in [0.1, 0.15) is 27.3 Å². The molecular formula is C22H19ClN4O5S. The Balaban J connectivity index is 1.65. The van der Waals surface area contributed by atoms with E-state index in [-0.39, 0.29) is 27.9 Å². The molecule has 2 aromatic carbocycles. The van der Waals surface area contributed by atoms with Crippen molar-refractivity contribution < 1.29 is 19.6 Å². The average Bonchev–Trinajstić information content (AvgIpc) is 3.06. The lowest BCUT2D eigenvalue weighted by Gasteiger charge is -2.11. The number of aromatic nitrogens is 1. The number of carboxylic acids is 1. The van der Waals surface area contributed by atoms with Crippen LogP contribution in [0, 0.1) is 24.0 Å². The standard InChI is InChI=1S/C22H19ClN4O5S/c1-13-9-15(14(2)26(13)17-5-8-20(23)19(10-17)22(29)30)11-24-25-21(28)12-33-18-6-3-16(4-7-18)27(31)32/h3-11H,12H2,1-2H3,(H,25,28)(H,29,30)/b24-11-. The monoisotopic (exact) mass is 486 g/mol. The van der Waals surface area contributed by atoms with Gasteiger partial charge >= 0.3 is 5.97 Å². The lowest BCUT2D eigenvalue weighted by Crippen LogP contribution is -2.19. The predicted molar refractivity (Wildman–Crippen MR) is 127 cm³/mol. The van der Waals surface area contributed by atoms with E-state index >= 15 is 0 Å². The first-order valence-electron chi connectivity index (χ1n) is 9.58. The number of benzene rings is 2. The van der Waals surface area contributed by atoms with Gasteiger partial charge in [-0.15, -0.1) is 11.8 Å². The van der Waals surface area contributed by atoms with Gasteiger partial charge in [-0.25, -0.2) is 10.2 Å². The van der Waals surface area contributed by atoms with E-state index in [9.17, 15) is 24.8 Å². The minimum Gasteiger partial charge on any atom is -0.478 e. The second-order valence-corrected chi connectivity index (χ2v) is 8.42. The highest BCUT2D eigenvalue weighted by atomic mass is 35.5. The molecule has 1 amide bonds. The van der Waals surface area contributed by atoms with Crippen LogP contribution in [0.25, 0.3) is 5.69 Å². The Kier molecular flexibility index (Phi) is 7.52. The second-order valence-electron chi connectivity index (χ2n) is 6.96. The van der Waals surface area contributed by atoms with Crippen molar-refractivity contribution in [3.8, 4) is 5.69 Å². The minimum absolute atomic E-state index is 0.00895. The number of amides is 1. The lowest BCUT2D eigenvalue weighted by molar-refractivity contribution is -0.384. The lowest BCUT2D eigenvalue weighted by atomic mass is 10.2. The molecule has 33 heavy (non-hydrogen) atoms. The summed E-state index contributed by atoms with van der Waals surface area (Å²) in [6.45, 7) is 3.73. The first kappa shape index (κ1) is 24.0. The molecule has 0 bridgehead atoms. The summed E-state index contributed by atoms with van der Waals surface area (Å²) in [6.07, 6.45) is 1.52. The van der Waals surface area contributed by atoms with Crippen LogP contribution < -0.4 is 5.43 Å². The molecular weight excluding hydrogens is 468 g/mol. The zero-order valence-electron chi connectivity index (χ0n) is 17.6. The molecule has 0 saturated heterocycles. The Morgan fingerprint density at radius 3 is 2.55 bits per heavy atom. The first-order chi connectivity index (χ1) is 15.7. The maximum Gasteiger partial charge on any atom is 0.337 e. The Morgan fingerprint density at radius 1 is 1.21 bits per heavy atom. The number of hydrazone groups is 1. The molecule has 0 unspecified atom stereocenters. The van der Waals surface area contributed by atoms with E-state index in [0.29, 0.717) is 5.69 Å². The topological polar surface area (TPSA) is 127 Å². The SMILES string of the molecule is Cc1cc(/C=N\NC(=O)CSc2ccc([N+](=O)[O-])cc2)c(C)n1-c1ccc(Cl)c(C(=O)O)c1. The second kappa shape index (κ2) is 10.3. The number of hydrogen-bond donors (Lipinski definition) is 2. The van der Waals surface area contributed by atoms with Crippen LogP contribution in [0.15, 0.2) is 58.5 Å². The van der Waals surface area contributed by atoms with Crippen LogP contribution >= 0.6 is 23.4 Å². The summed E-state index contributed by atoms with van der Waals surface area (Å²) in [5.74, 6) is -1.34. The fourth-order valence-electron chi connectivity index (χ4n) is 3.15. The molecule has 9 nitrogen and oxygen atoms in total. The molecule has 0 saturated carbocycles. The summed E-state index contributed by atoms with van der Waals surface area (Å²) >= 11 is 7.20. The number of carbonyl (C=O) groups is 2. The Hall–Kier alpha value is -3.63. The summed E-state index contributed by atoms with van der Waals surface area (Å²) in [5.41, 5.74) is 5.52. The van der Waals surface area contributed by atoms with Gasteiger partial charge in [-0.1, -0.05) is 11.6 Å². The van der Waals surface area contributed by atoms with Gasteiger partial charge in [-0.3, -0.25) is 14.9 Å². The van der Waals surface area contributed by atoms with Crippen molar-refractivity contribution >= 4 is 47.1 Å². The van der Waals surface area contributed by atoms with Crippen molar-refractivity contribution in [1.29, 1.82) is 0 Å². The van der Waals surface area contributed by atoms with Crippen molar-refractivity contribution in [3.63, 3.8) is 0 Å². The van der Waals surface area contributed by atoms with Crippen LogP contribution in [0.5, 0.6) is 0 Å². The maximum absolute atomic E-state index is 12.1. The number of hydrogen-bond acceptors (Lipinski definition) is 6. The third-order valence-corrected chi connectivity index (χ3v) is 6.06. The molecule has 0 fully saturated rings. The summed E-state index contributed by atoms with van der Waals surface area (Å²) in [7, 11) is 0. The van der Waals surface area contributed by atoms with Crippen molar-refractivity contribution in [2.24, 2.45) is 5.10 Å². The molecule has 0 aliphatic rings. The van der Waals surface area contributed by atoms with Crippen LogP contribution in [-0.2, 0) is 4.79 Å². The molecule has 0 radical (unpaired) electrons. The van der Waals surface area contributed by atoms with E-state index in [4.69, 9.17) is 11.6 Å². The van der Waals surface area contributed by atoms with Crippen LogP contribution in [0.3, 0.4) is 0 Å². The highest BCUT2D eigenvalue weighted by Gasteiger charge is 2.14. The Bertz CT molecular complexity index is 1250. The first-order valence-corrected chi connectivity index (χ1v) is 10.9. The quantitative estimate of drug-likeness (QED) is 0.207. The largest absolute Gasteiger partial charge is 0.478 e. The number of nitrogens with zero attached hydrogens (tertiary/aromatic N) is 3. The molecule has 0 aliphatic carbocycles. The predicted octanol–water partition coefficient (Wildman–Crippen LogP) is 4.60. The summed E-state index contributed by atoms with van der Waals surface area (Å²) < 4.78 is 1.87. The van der Waals surface area contributed by atoms with Crippen LogP contribution in [-0.4, -0.2) is 38.4 Å². The van der Waals surface area contributed by atoms with Crippen LogP contribution in [0.2, 0.25) is 5.02 Å². The van der Waals surface area contributed by atoms with Crippen LogP contribution in [0.4, 0.5) is 5.69 Å². The van der Waals surface area contributed by atoms with Gasteiger partial charge in [0.2, 0.25) is 5.91 Å². The Labute approximate surface area is 198 Å². The van der Waals surface area contributed by atoms with Gasteiger partial charge in [0.05, 0.1) is 27.5 Å². The van der Waals surface area contributed by atoms with Crippen molar-refractivity contribution in [3.05, 3.63) is 86.2 Å². The van der Waals surface area contributed by atoms with Crippen molar-refractivity contribution in [2.75, 3.05) is 5.75 Å². The molecule has 2 N–H and O–H groups in total. The highest BCUT2D eigenvalue weighted by Crippen LogP contribution is 2.25. The number of non-ortho nitro benzene ring substituents is 1. The number of halogens is 1. The van der Waals surface area contributed by atoms with Gasteiger partial charge in [-0.05, 0) is 50.2 Å². The van der Waals surface area contributed by atoms with Gasteiger partial charge in [-0.2, -0.15) is 5.10 Å². The molecule has 1 aromatic heterocycles. The van der Waals surface area contributed by atoms with Gasteiger partial charge in [0.25, 0.3) is 5.69 Å². The van der Waals surface area contributed by atoms with E-state index in [2.05, 4.69) is 10.5 Å². The highest BCUT2D eigenvalue weighted by molar-refractivity contribution is 8.00. The molecule has 0 aliphatic heterocycles. The fourth-order valence-corrected chi connectivity index (χ4v) is 4.04. The molecule has 3 aromatic rings. The number of aryl methyl sites for hydroxylation is 1. The van der Waals surface area contributed by atoms with Gasteiger partial charge < -0.3 is 9.67 Å². The summed E-state index contributed by atoms with van der Waals surface area (Å²) in [4.78, 5) is 34.4. The average molecular weight is 487 g/mol. The minimum atomic E-state index is -1.11. The number of nitro benzene ring substituents is 1. The van der Waals surface area contributed by atoms with Crippen molar-refractivity contribution in [1.82, 2.24) is 9.99 Å². The van der Waals surface area contributed by atoms with E-state index < -0.39 is 10.9 Å². The zero-order valence-corrected chi connectivity index (χ0v) is 19.2. The van der Waals surface area contributed by atoms with Gasteiger partial charge in [0, 0.05) is 39.7 Å². The number of nitro groups is 1. The van der Waals surface area contributed by atoms with Crippen molar-refractivity contribution in [2.45, 2.75) is 18.7 Å². The van der Waals surface area contributed by atoms with Gasteiger partial charge in [0.15, 0.2) is 0 Å². The smallest absolute Gasteiger partial charge is 0.337 e. The molecule has 0 atom stereocenters. The van der Waals surface area contributed by atoms with E-state index in [1.807, 2.05) is 24.5 Å². The maximum atomic E-state index is 12.1. The summed E-state index contributed by atoms with van der Waals surface area (Å²) in [5, 5.41) is 24.2. The number of carbonyl (C=O) groups excluding carboxylic acids is 1. The molecule has 170 valence electrons. The number of nitrogens with one attached hydrogen (secondary N) is 1. The number of rotatable bonds is 8. The molecule has 3 rings (SSSR count). The number of thioether (sulfide) groups is 1. The third-order valence-electron chi connectivity index (χ3n) is 4.72. The Morgan fingerprint density at radius 2 is 1.91 bits per heavy atom. The molecule has 11 heteroatoms. The van der Waals surface area contributed by atoms with Gasteiger partial charge in [0.1, 0.15) is 0 Å². The fraction of sp³-hybridized carbons (Fsp3) is 0.136. The zero-order chi connectivity index (χ0) is 24.1. The number of carboxylic acid groups (broad SMARTS) is 1. The van der Waals surface area contributed by atoms with E-state index in [0.717, 1.165) is 21.8 Å².